The molecule has 0 saturated carbocycles. The molecule has 2 aromatic heterocycles. The summed E-state index contributed by atoms with van der Waals surface area (Å²) in [4.78, 5) is 37.6. The largest absolute Gasteiger partial charge is 0.452 e. The van der Waals surface area contributed by atoms with Crippen molar-refractivity contribution in [2.24, 2.45) is 0 Å². The first-order valence-corrected chi connectivity index (χ1v) is 9.98. The number of fused-ring (bicyclic) bond motifs is 1. The van der Waals surface area contributed by atoms with Crippen molar-refractivity contribution >= 4 is 40.6 Å². The number of ether oxygens (including phenoxy) is 1. The van der Waals surface area contributed by atoms with E-state index in [1.807, 2.05) is 0 Å². The molecule has 2 heterocycles. The number of carbonyl (C=O) groups is 3. The first-order valence-electron chi connectivity index (χ1n) is 9.60. The van der Waals surface area contributed by atoms with E-state index < -0.39 is 18.5 Å². The fraction of sp³-hybridized carbons (Fsp3) is 0.0870. The number of rotatable bonds is 6. The van der Waals surface area contributed by atoms with Crippen LogP contribution in [-0.4, -0.2) is 38.9 Å². The lowest BCUT2D eigenvalue weighted by atomic mass is 10.0. The second kappa shape index (κ2) is 8.99. The van der Waals surface area contributed by atoms with Crippen LogP contribution in [0.4, 0.5) is 5.69 Å². The average Bonchev–Trinajstić information content (AvgIpc) is 3.18. The molecular formula is C23H17ClN4O4. The Morgan fingerprint density at radius 3 is 2.56 bits per heavy atom. The lowest BCUT2D eigenvalue weighted by Crippen LogP contribution is -2.22. The van der Waals surface area contributed by atoms with Gasteiger partial charge in [-0.1, -0.05) is 41.9 Å². The number of pyridine rings is 1. The van der Waals surface area contributed by atoms with Crippen molar-refractivity contribution in [3.63, 3.8) is 0 Å². The van der Waals surface area contributed by atoms with Crippen LogP contribution in [0.3, 0.4) is 0 Å². The predicted molar refractivity (Wildman–Crippen MR) is 118 cm³/mol. The first kappa shape index (κ1) is 21.2. The Morgan fingerprint density at radius 2 is 1.78 bits per heavy atom. The highest BCUT2D eigenvalue weighted by Gasteiger charge is 2.17. The molecule has 0 saturated heterocycles. The van der Waals surface area contributed by atoms with Crippen LogP contribution in [0, 0.1) is 6.92 Å². The molecule has 0 atom stereocenters. The number of hydrogen-bond donors (Lipinski definition) is 1. The molecule has 0 radical (unpaired) electrons. The van der Waals surface area contributed by atoms with Crippen LogP contribution in [0.2, 0.25) is 5.02 Å². The topological polar surface area (TPSA) is 103 Å². The van der Waals surface area contributed by atoms with Crippen LogP contribution in [0.15, 0.2) is 66.9 Å². The Morgan fingerprint density at radius 1 is 1.00 bits per heavy atom. The molecule has 8 nitrogen and oxygen atoms in total. The van der Waals surface area contributed by atoms with Crippen LogP contribution in [0.25, 0.3) is 5.65 Å². The maximum Gasteiger partial charge on any atom is 0.340 e. The Hall–Kier alpha value is -4.04. The fourth-order valence-electron chi connectivity index (χ4n) is 3.09. The van der Waals surface area contributed by atoms with E-state index in [0.717, 1.165) is 0 Å². The Kier molecular flexibility index (Phi) is 5.96. The van der Waals surface area contributed by atoms with E-state index >= 15 is 0 Å². The molecule has 0 aliphatic heterocycles. The van der Waals surface area contributed by atoms with Crippen molar-refractivity contribution in [3.05, 3.63) is 94.4 Å². The normalized spacial score (nSPS) is 10.7. The maximum atomic E-state index is 12.9. The number of nitrogens with zero attached hydrogens (tertiary/aromatic N) is 3. The van der Waals surface area contributed by atoms with E-state index in [1.165, 1.54) is 12.1 Å². The molecule has 9 heteroatoms. The third kappa shape index (κ3) is 4.50. The molecule has 4 rings (SSSR count). The molecule has 0 bridgehead atoms. The van der Waals surface area contributed by atoms with Crippen LogP contribution in [0.5, 0.6) is 0 Å². The number of carbonyl (C=O) groups excluding carboxylic acids is 3. The number of benzene rings is 2. The monoisotopic (exact) mass is 448 g/mol. The summed E-state index contributed by atoms with van der Waals surface area (Å²) in [6, 6.07) is 16.4. The van der Waals surface area contributed by atoms with Crippen molar-refractivity contribution in [1.82, 2.24) is 14.6 Å². The second-order valence-corrected chi connectivity index (χ2v) is 7.34. The van der Waals surface area contributed by atoms with E-state index in [-0.39, 0.29) is 22.6 Å². The van der Waals surface area contributed by atoms with Gasteiger partial charge in [0.05, 0.1) is 11.3 Å². The maximum absolute atomic E-state index is 12.9. The van der Waals surface area contributed by atoms with Gasteiger partial charge in [-0.05, 0) is 37.3 Å². The van der Waals surface area contributed by atoms with Crippen molar-refractivity contribution < 1.29 is 19.1 Å². The minimum Gasteiger partial charge on any atom is -0.452 e. The summed E-state index contributed by atoms with van der Waals surface area (Å²) in [5.41, 5.74) is 1.80. The number of aromatic nitrogens is 3. The average molecular weight is 449 g/mol. The van der Waals surface area contributed by atoms with Gasteiger partial charge in [0.15, 0.2) is 18.0 Å². The van der Waals surface area contributed by atoms with Gasteiger partial charge in [-0.2, -0.15) is 0 Å². The Bertz CT molecular complexity index is 1330. The SMILES string of the molecule is Cc1nnc2ccc(C(=O)OCC(=O)Nc3ccc(Cl)cc3C(=O)c3ccccc3)cn12. The summed E-state index contributed by atoms with van der Waals surface area (Å²) in [6.45, 7) is 1.22. The Labute approximate surface area is 187 Å². The molecule has 0 aliphatic rings. The zero-order valence-electron chi connectivity index (χ0n) is 16.9. The lowest BCUT2D eigenvalue weighted by Gasteiger charge is -2.11. The van der Waals surface area contributed by atoms with Crippen LogP contribution in [0.1, 0.15) is 32.1 Å². The molecule has 0 unspecified atom stereocenters. The number of hydrogen-bond acceptors (Lipinski definition) is 6. The summed E-state index contributed by atoms with van der Waals surface area (Å²) < 4.78 is 6.76. The standard InChI is InChI=1S/C23H17ClN4O4/c1-14-26-27-20-10-7-16(12-28(14)20)23(31)32-13-21(29)25-19-9-8-17(24)11-18(19)22(30)15-5-3-2-4-6-15/h2-12H,13H2,1H3,(H,25,29). The minimum absolute atomic E-state index is 0.233. The van der Waals surface area contributed by atoms with Crippen molar-refractivity contribution in [2.45, 2.75) is 6.92 Å². The predicted octanol–water partition coefficient (Wildman–Crippen LogP) is 3.72. The summed E-state index contributed by atoms with van der Waals surface area (Å²) in [7, 11) is 0. The lowest BCUT2D eigenvalue weighted by molar-refractivity contribution is -0.119. The van der Waals surface area contributed by atoms with E-state index in [0.29, 0.717) is 22.1 Å². The zero-order chi connectivity index (χ0) is 22.7. The number of anilines is 1. The van der Waals surface area contributed by atoms with E-state index in [1.54, 1.807) is 66.1 Å². The summed E-state index contributed by atoms with van der Waals surface area (Å²) in [6.07, 6.45) is 1.54. The molecular weight excluding hydrogens is 432 g/mol. The van der Waals surface area contributed by atoms with Gasteiger partial charge in [0.1, 0.15) is 5.82 Å². The highest BCUT2D eigenvalue weighted by Crippen LogP contribution is 2.24. The molecule has 160 valence electrons. The van der Waals surface area contributed by atoms with E-state index in [4.69, 9.17) is 16.3 Å². The van der Waals surface area contributed by atoms with Gasteiger partial charge in [0, 0.05) is 22.3 Å². The number of ketones is 1. The smallest absolute Gasteiger partial charge is 0.340 e. The number of halogens is 1. The zero-order valence-corrected chi connectivity index (χ0v) is 17.7. The summed E-state index contributed by atoms with van der Waals surface area (Å²) >= 11 is 6.05. The second-order valence-electron chi connectivity index (χ2n) is 6.90. The van der Waals surface area contributed by atoms with Gasteiger partial charge >= 0.3 is 5.97 Å². The molecule has 0 fully saturated rings. The number of nitrogens with one attached hydrogen (secondary N) is 1. The summed E-state index contributed by atoms with van der Waals surface area (Å²) in [5, 5.41) is 10.8. The van der Waals surface area contributed by atoms with Gasteiger partial charge in [0.25, 0.3) is 5.91 Å². The molecule has 0 spiro atoms. The third-order valence-electron chi connectivity index (χ3n) is 4.68. The van der Waals surface area contributed by atoms with Gasteiger partial charge < -0.3 is 10.1 Å². The number of esters is 1. The number of aryl methyl sites for hydroxylation is 1. The highest BCUT2D eigenvalue weighted by molar-refractivity contribution is 6.31. The molecule has 0 aliphatic carbocycles. The van der Waals surface area contributed by atoms with E-state index in [9.17, 15) is 14.4 Å². The quantitative estimate of drug-likeness (QED) is 0.356. The van der Waals surface area contributed by atoms with Crippen LogP contribution in [-0.2, 0) is 9.53 Å². The molecule has 2 aromatic carbocycles. The fourth-order valence-corrected chi connectivity index (χ4v) is 3.26. The molecule has 1 N–H and O–H groups in total. The van der Waals surface area contributed by atoms with Crippen LogP contribution < -0.4 is 5.32 Å². The van der Waals surface area contributed by atoms with Gasteiger partial charge in [-0.15, -0.1) is 10.2 Å². The van der Waals surface area contributed by atoms with Gasteiger partial charge in [-0.25, -0.2) is 4.79 Å². The van der Waals surface area contributed by atoms with E-state index in [2.05, 4.69) is 15.5 Å². The number of amides is 1. The molecule has 32 heavy (non-hydrogen) atoms. The van der Waals surface area contributed by atoms with Gasteiger partial charge in [0.2, 0.25) is 0 Å². The Balaban J connectivity index is 1.45. The van der Waals surface area contributed by atoms with Crippen LogP contribution >= 0.6 is 11.6 Å². The molecule has 1 amide bonds. The van der Waals surface area contributed by atoms with Crippen molar-refractivity contribution in [2.75, 3.05) is 11.9 Å². The van der Waals surface area contributed by atoms with Crippen molar-refractivity contribution in [1.29, 1.82) is 0 Å². The van der Waals surface area contributed by atoms with Gasteiger partial charge in [-0.3, -0.25) is 14.0 Å². The third-order valence-corrected chi connectivity index (χ3v) is 4.91. The van der Waals surface area contributed by atoms with Crippen molar-refractivity contribution in [3.8, 4) is 0 Å². The first-order chi connectivity index (χ1) is 15.4. The summed E-state index contributed by atoms with van der Waals surface area (Å²) in [5.74, 6) is -0.945. The minimum atomic E-state index is -0.674. The highest BCUT2D eigenvalue weighted by atomic mass is 35.5. The molecule has 4 aromatic rings.